The van der Waals surface area contributed by atoms with E-state index in [2.05, 4.69) is 23.8 Å². The van der Waals surface area contributed by atoms with Crippen molar-refractivity contribution in [2.24, 2.45) is 0 Å². The SMILES string of the molecule is Cc1cnc(C(C)C)[nH]1.O=C=O. The summed E-state index contributed by atoms with van der Waals surface area (Å²) in [5.74, 6) is 1.59. The number of aromatic nitrogens is 2. The number of rotatable bonds is 1. The number of carbonyl (C=O) groups excluding carboxylic acids is 2. The molecule has 0 amide bonds. The van der Waals surface area contributed by atoms with Crippen molar-refractivity contribution in [1.82, 2.24) is 9.97 Å². The zero-order valence-electron chi connectivity index (χ0n) is 7.42. The molecule has 0 bridgehead atoms. The average Bonchev–Trinajstić information content (AvgIpc) is 2.37. The Labute approximate surface area is 71.0 Å². The van der Waals surface area contributed by atoms with Crippen molar-refractivity contribution in [3.8, 4) is 0 Å². The zero-order chi connectivity index (χ0) is 9.56. The van der Waals surface area contributed by atoms with Crippen LogP contribution in [0.2, 0.25) is 0 Å². The molecule has 1 heterocycles. The molecule has 0 aliphatic heterocycles. The highest BCUT2D eigenvalue weighted by molar-refractivity contribution is 5.20. The van der Waals surface area contributed by atoms with E-state index in [1.807, 2.05) is 13.1 Å². The lowest BCUT2D eigenvalue weighted by atomic mass is 10.2. The third-order valence-electron chi connectivity index (χ3n) is 1.27. The predicted octanol–water partition coefficient (Wildman–Crippen LogP) is 1.26. The minimum absolute atomic E-state index is 0.250. The summed E-state index contributed by atoms with van der Waals surface area (Å²) in [4.78, 5) is 23.6. The van der Waals surface area contributed by atoms with Gasteiger partial charge in [-0.05, 0) is 6.92 Å². The molecule has 0 spiro atoms. The Balaban J connectivity index is 0.000000354. The topological polar surface area (TPSA) is 62.8 Å². The summed E-state index contributed by atoms with van der Waals surface area (Å²) >= 11 is 0. The van der Waals surface area contributed by atoms with Gasteiger partial charge in [0.1, 0.15) is 5.82 Å². The first-order valence-electron chi connectivity index (χ1n) is 3.62. The van der Waals surface area contributed by atoms with Crippen LogP contribution >= 0.6 is 0 Å². The molecule has 0 atom stereocenters. The first-order chi connectivity index (χ1) is 5.61. The molecule has 4 nitrogen and oxygen atoms in total. The molecule has 1 aromatic rings. The summed E-state index contributed by atoms with van der Waals surface area (Å²) in [6, 6.07) is 0. The minimum atomic E-state index is 0.250. The fourth-order valence-electron chi connectivity index (χ4n) is 0.726. The first-order valence-corrected chi connectivity index (χ1v) is 3.62. The second-order valence-corrected chi connectivity index (χ2v) is 2.69. The van der Waals surface area contributed by atoms with E-state index in [4.69, 9.17) is 9.59 Å². The lowest BCUT2D eigenvalue weighted by molar-refractivity contribution is -0.191. The Hall–Kier alpha value is -1.41. The molecule has 0 saturated heterocycles. The molecule has 12 heavy (non-hydrogen) atoms. The van der Waals surface area contributed by atoms with Crippen LogP contribution in [0.4, 0.5) is 0 Å². The van der Waals surface area contributed by atoms with Crippen LogP contribution in [0, 0.1) is 6.92 Å². The van der Waals surface area contributed by atoms with Gasteiger partial charge in [0.15, 0.2) is 0 Å². The Bertz CT molecular complexity index is 260. The molecular formula is C8H12N2O2. The van der Waals surface area contributed by atoms with Gasteiger partial charge in [0.05, 0.1) is 0 Å². The summed E-state index contributed by atoms with van der Waals surface area (Å²) in [6.45, 7) is 6.26. The van der Waals surface area contributed by atoms with Crippen LogP contribution < -0.4 is 0 Å². The van der Waals surface area contributed by atoms with Gasteiger partial charge in [-0.2, -0.15) is 9.59 Å². The quantitative estimate of drug-likeness (QED) is 0.686. The number of aryl methyl sites for hydroxylation is 1. The molecule has 0 unspecified atom stereocenters. The minimum Gasteiger partial charge on any atom is -0.346 e. The van der Waals surface area contributed by atoms with Crippen molar-refractivity contribution in [2.45, 2.75) is 26.7 Å². The maximum absolute atomic E-state index is 8.12. The lowest BCUT2D eigenvalue weighted by Gasteiger charge is -1.95. The number of nitrogens with one attached hydrogen (secondary N) is 1. The van der Waals surface area contributed by atoms with Crippen LogP contribution in [0.3, 0.4) is 0 Å². The summed E-state index contributed by atoms with van der Waals surface area (Å²) in [6.07, 6.45) is 2.11. The highest BCUT2D eigenvalue weighted by atomic mass is 16.2. The van der Waals surface area contributed by atoms with Gasteiger partial charge in [-0.3, -0.25) is 0 Å². The van der Waals surface area contributed by atoms with Crippen molar-refractivity contribution in [3.05, 3.63) is 17.7 Å². The van der Waals surface area contributed by atoms with E-state index in [1.54, 1.807) is 0 Å². The predicted molar refractivity (Wildman–Crippen MR) is 42.4 cm³/mol. The van der Waals surface area contributed by atoms with Crippen LogP contribution in [0.25, 0.3) is 0 Å². The molecule has 1 aromatic heterocycles. The summed E-state index contributed by atoms with van der Waals surface area (Å²) < 4.78 is 0. The van der Waals surface area contributed by atoms with Gasteiger partial charge in [0.25, 0.3) is 0 Å². The number of H-pyrrole nitrogens is 1. The molecule has 0 fully saturated rings. The molecule has 4 heteroatoms. The molecule has 0 saturated carbocycles. The van der Waals surface area contributed by atoms with Crippen LogP contribution in [-0.4, -0.2) is 16.1 Å². The van der Waals surface area contributed by atoms with Gasteiger partial charge in [0, 0.05) is 17.8 Å². The zero-order valence-corrected chi connectivity index (χ0v) is 7.42. The third kappa shape index (κ3) is 3.68. The van der Waals surface area contributed by atoms with Crippen molar-refractivity contribution in [1.29, 1.82) is 0 Å². The van der Waals surface area contributed by atoms with Crippen molar-refractivity contribution in [2.75, 3.05) is 0 Å². The molecule has 1 rings (SSSR count). The van der Waals surface area contributed by atoms with Crippen LogP contribution in [0.1, 0.15) is 31.3 Å². The van der Waals surface area contributed by atoms with Gasteiger partial charge in [-0.1, -0.05) is 13.8 Å². The molecule has 0 radical (unpaired) electrons. The second-order valence-electron chi connectivity index (χ2n) is 2.69. The fraction of sp³-hybridized carbons (Fsp3) is 0.500. The largest absolute Gasteiger partial charge is 0.373 e. The Kier molecular flexibility index (Phi) is 4.65. The van der Waals surface area contributed by atoms with Crippen molar-refractivity contribution < 1.29 is 9.59 Å². The van der Waals surface area contributed by atoms with Gasteiger partial charge in [-0.25, -0.2) is 4.98 Å². The smallest absolute Gasteiger partial charge is 0.346 e. The Morgan fingerprint density at radius 2 is 2.00 bits per heavy atom. The van der Waals surface area contributed by atoms with E-state index >= 15 is 0 Å². The summed E-state index contributed by atoms with van der Waals surface area (Å²) in [5, 5.41) is 0. The maximum atomic E-state index is 8.12. The Morgan fingerprint density at radius 3 is 2.17 bits per heavy atom. The van der Waals surface area contributed by atoms with Crippen LogP contribution in [0.15, 0.2) is 6.20 Å². The van der Waals surface area contributed by atoms with E-state index in [-0.39, 0.29) is 6.15 Å². The standard InChI is InChI=1S/C7H12N2.CO2/c1-5(2)7-8-4-6(3)9-7;2-1-3/h4-5H,1-3H3,(H,8,9);. The average molecular weight is 168 g/mol. The number of imidazole rings is 1. The van der Waals surface area contributed by atoms with E-state index in [9.17, 15) is 0 Å². The van der Waals surface area contributed by atoms with Gasteiger partial charge < -0.3 is 4.98 Å². The van der Waals surface area contributed by atoms with Crippen LogP contribution in [-0.2, 0) is 9.59 Å². The lowest BCUT2D eigenvalue weighted by Crippen LogP contribution is -1.88. The molecular weight excluding hydrogens is 156 g/mol. The van der Waals surface area contributed by atoms with E-state index in [0.717, 1.165) is 11.5 Å². The van der Waals surface area contributed by atoms with Gasteiger partial charge >= 0.3 is 6.15 Å². The van der Waals surface area contributed by atoms with Crippen molar-refractivity contribution in [3.63, 3.8) is 0 Å². The van der Waals surface area contributed by atoms with Gasteiger partial charge in [-0.15, -0.1) is 0 Å². The maximum Gasteiger partial charge on any atom is 0.373 e. The second kappa shape index (κ2) is 5.27. The van der Waals surface area contributed by atoms with E-state index in [1.165, 1.54) is 0 Å². The molecule has 0 aromatic carbocycles. The van der Waals surface area contributed by atoms with E-state index in [0.29, 0.717) is 5.92 Å². The number of nitrogens with zero attached hydrogens (tertiary/aromatic N) is 1. The molecule has 66 valence electrons. The third-order valence-corrected chi connectivity index (χ3v) is 1.27. The molecule has 0 aliphatic carbocycles. The Morgan fingerprint density at radius 1 is 1.50 bits per heavy atom. The molecule has 1 N–H and O–H groups in total. The normalized spacial score (nSPS) is 8.67. The first kappa shape index (κ1) is 10.6. The molecule has 0 aliphatic rings. The fourth-order valence-corrected chi connectivity index (χ4v) is 0.726. The summed E-state index contributed by atoms with van der Waals surface area (Å²) in [7, 11) is 0. The monoisotopic (exact) mass is 168 g/mol. The van der Waals surface area contributed by atoms with Crippen molar-refractivity contribution >= 4 is 6.15 Å². The summed E-state index contributed by atoms with van der Waals surface area (Å²) in [5.41, 5.74) is 1.14. The number of aromatic amines is 1. The number of hydrogen-bond acceptors (Lipinski definition) is 3. The highest BCUT2D eigenvalue weighted by Crippen LogP contribution is 2.07. The van der Waals surface area contributed by atoms with Crippen LogP contribution in [0.5, 0.6) is 0 Å². The highest BCUT2D eigenvalue weighted by Gasteiger charge is 1.99. The van der Waals surface area contributed by atoms with E-state index < -0.39 is 0 Å². The van der Waals surface area contributed by atoms with Gasteiger partial charge in [0.2, 0.25) is 0 Å². The number of hydrogen-bond donors (Lipinski definition) is 1.